The number of nitrogens with zero attached hydrogens (tertiary/aromatic N) is 3. The van der Waals surface area contributed by atoms with Crippen molar-refractivity contribution < 1.29 is 9.59 Å². The molecule has 8 heteroatoms. The molecule has 7 nitrogen and oxygen atoms in total. The third-order valence-corrected chi connectivity index (χ3v) is 5.44. The van der Waals surface area contributed by atoms with Crippen LogP contribution < -0.4 is 15.5 Å². The molecule has 1 saturated heterocycles. The Hall–Kier alpha value is -2.62. The largest absolute Gasteiger partial charge is 0.357 e. The summed E-state index contributed by atoms with van der Waals surface area (Å²) in [7, 11) is 0. The van der Waals surface area contributed by atoms with Gasteiger partial charge in [-0.05, 0) is 43.5 Å². The van der Waals surface area contributed by atoms with Gasteiger partial charge >= 0.3 is 0 Å². The number of likely N-dealkylation sites (N-methyl/N-ethyl adjacent to an activating group) is 1. The number of halogens is 1. The van der Waals surface area contributed by atoms with Crippen LogP contribution in [0.2, 0.25) is 0 Å². The van der Waals surface area contributed by atoms with Gasteiger partial charge in [-0.1, -0.05) is 42.5 Å². The molecule has 1 heterocycles. The lowest BCUT2D eigenvalue weighted by Gasteiger charge is -2.22. The number of carbonyl (C=O) groups excluding carboxylic acids is 2. The maximum atomic E-state index is 12.7. The van der Waals surface area contributed by atoms with Crippen LogP contribution in [0, 0.1) is 0 Å². The van der Waals surface area contributed by atoms with Crippen molar-refractivity contribution in [1.29, 1.82) is 0 Å². The molecular weight excluding hydrogens is 529 g/mol. The molecule has 2 aromatic rings. The van der Waals surface area contributed by atoms with Gasteiger partial charge in [0.15, 0.2) is 5.96 Å². The Bertz CT molecular complexity index is 918. The molecule has 1 aliphatic rings. The summed E-state index contributed by atoms with van der Waals surface area (Å²) < 4.78 is 0. The quantitative estimate of drug-likeness (QED) is 0.278. The normalized spacial score (nSPS) is 13.5. The Kier molecular flexibility index (Phi) is 11.2. The Morgan fingerprint density at radius 2 is 1.76 bits per heavy atom. The standard InChI is InChI=1S/C25H33N5O2.HI/c1-3-26-25(28-18-24(32)29(4-2)19-21-9-6-5-7-10-21)27-17-20-12-14-22(15-13-20)30-16-8-11-23(30)31;/h5-7,9-10,12-15H,3-4,8,11,16-19H2,1-2H3,(H2,26,27,28);1H. The van der Waals surface area contributed by atoms with Crippen LogP contribution in [0.1, 0.15) is 37.8 Å². The van der Waals surface area contributed by atoms with Crippen LogP contribution in [0.4, 0.5) is 5.69 Å². The smallest absolute Gasteiger partial charge is 0.242 e. The van der Waals surface area contributed by atoms with Gasteiger partial charge in [-0.25, -0.2) is 4.99 Å². The molecule has 2 aromatic carbocycles. The van der Waals surface area contributed by atoms with Crippen molar-refractivity contribution in [1.82, 2.24) is 15.5 Å². The Labute approximate surface area is 213 Å². The summed E-state index contributed by atoms with van der Waals surface area (Å²) in [5.74, 6) is 0.824. The molecule has 0 unspecified atom stereocenters. The number of hydrogen-bond acceptors (Lipinski definition) is 3. The summed E-state index contributed by atoms with van der Waals surface area (Å²) in [6, 6.07) is 17.9. The average molecular weight is 563 g/mol. The maximum absolute atomic E-state index is 12.7. The van der Waals surface area contributed by atoms with Gasteiger partial charge < -0.3 is 20.4 Å². The highest BCUT2D eigenvalue weighted by Crippen LogP contribution is 2.21. The van der Waals surface area contributed by atoms with Gasteiger partial charge in [0, 0.05) is 38.3 Å². The van der Waals surface area contributed by atoms with Crippen molar-refractivity contribution in [2.75, 3.05) is 31.1 Å². The van der Waals surface area contributed by atoms with E-state index in [-0.39, 0.29) is 42.3 Å². The van der Waals surface area contributed by atoms with E-state index in [2.05, 4.69) is 15.6 Å². The summed E-state index contributed by atoms with van der Waals surface area (Å²) in [4.78, 5) is 32.9. The Morgan fingerprint density at radius 3 is 2.36 bits per heavy atom. The minimum atomic E-state index is 0. The molecule has 2 amide bonds. The highest BCUT2D eigenvalue weighted by Gasteiger charge is 2.21. The average Bonchev–Trinajstić information content (AvgIpc) is 3.26. The predicted molar refractivity (Wildman–Crippen MR) is 144 cm³/mol. The number of aliphatic imine (C=N–C) groups is 1. The van der Waals surface area contributed by atoms with Gasteiger partial charge in [0.25, 0.3) is 0 Å². The fraction of sp³-hybridized carbons (Fsp3) is 0.400. The lowest BCUT2D eigenvalue weighted by atomic mass is 10.2. The van der Waals surface area contributed by atoms with E-state index in [9.17, 15) is 9.59 Å². The predicted octanol–water partition coefficient (Wildman–Crippen LogP) is 3.54. The topological polar surface area (TPSA) is 77.0 Å². The molecule has 0 saturated carbocycles. The molecule has 0 aromatic heterocycles. The number of hydrogen-bond donors (Lipinski definition) is 2. The summed E-state index contributed by atoms with van der Waals surface area (Å²) in [6.07, 6.45) is 1.55. The van der Waals surface area contributed by atoms with Gasteiger partial charge in [0.2, 0.25) is 11.8 Å². The maximum Gasteiger partial charge on any atom is 0.242 e. The third kappa shape index (κ3) is 8.03. The molecule has 3 rings (SSSR count). The molecule has 0 spiro atoms. The highest BCUT2D eigenvalue weighted by atomic mass is 127. The van der Waals surface area contributed by atoms with Gasteiger partial charge in [-0.2, -0.15) is 0 Å². The van der Waals surface area contributed by atoms with Crippen molar-refractivity contribution in [2.24, 2.45) is 4.99 Å². The first-order valence-corrected chi connectivity index (χ1v) is 11.3. The Balaban J connectivity index is 0.00000385. The lowest BCUT2D eigenvalue weighted by Crippen LogP contribution is -2.44. The number of guanidine groups is 1. The first-order valence-electron chi connectivity index (χ1n) is 11.3. The van der Waals surface area contributed by atoms with Crippen LogP contribution >= 0.6 is 24.0 Å². The van der Waals surface area contributed by atoms with Gasteiger partial charge in [0.1, 0.15) is 0 Å². The second-order valence-corrected chi connectivity index (χ2v) is 7.76. The third-order valence-electron chi connectivity index (χ3n) is 5.44. The van der Waals surface area contributed by atoms with Crippen molar-refractivity contribution in [3.63, 3.8) is 0 Å². The van der Waals surface area contributed by atoms with E-state index in [4.69, 9.17) is 0 Å². The summed E-state index contributed by atoms with van der Waals surface area (Å²) in [6.45, 7) is 7.39. The van der Waals surface area contributed by atoms with Crippen molar-refractivity contribution >= 4 is 47.4 Å². The van der Waals surface area contributed by atoms with E-state index in [1.54, 1.807) is 0 Å². The molecule has 2 N–H and O–H groups in total. The molecule has 0 radical (unpaired) electrons. The first-order chi connectivity index (χ1) is 15.6. The van der Waals surface area contributed by atoms with E-state index in [0.29, 0.717) is 38.6 Å². The molecule has 0 atom stereocenters. The zero-order valence-electron chi connectivity index (χ0n) is 19.4. The second kappa shape index (κ2) is 13.8. The fourth-order valence-electron chi connectivity index (χ4n) is 3.67. The SMILES string of the molecule is CCNC(=NCc1ccc(N2CCCC2=O)cc1)NCC(=O)N(CC)Cc1ccccc1.I. The van der Waals surface area contributed by atoms with Crippen LogP contribution in [-0.2, 0) is 22.7 Å². The molecule has 33 heavy (non-hydrogen) atoms. The number of carbonyl (C=O) groups is 2. The van der Waals surface area contributed by atoms with Crippen LogP contribution in [0.3, 0.4) is 0 Å². The Morgan fingerprint density at radius 1 is 1.03 bits per heavy atom. The monoisotopic (exact) mass is 563 g/mol. The molecule has 0 aliphatic carbocycles. The van der Waals surface area contributed by atoms with E-state index in [0.717, 1.165) is 29.8 Å². The molecule has 1 fully saturated rings. The summed E-state index contributed by atoms with van der Waals surface area (Å²) >= 11 is 0. The van der Waals surface area contributed by atoms with Crippen molar-refractivity contribution in [3.8, 4) is 0 Å². The van der Waals surface area contributed by atoms with E-state index in [1.165, 1.54) is 0 Å². The minimum absolute atomic E-state index is 0. The van der Waals surface area contributed by atoms with Gasteiger partial charge in [0.05, 0.1) is 13.1 Å². The molecule has 0 bridgehead atoms. The van der Waals surface area contributed by atoms with Crippen molar-refractivity contribution in [3.05, 3.63) is 65.7 Å². The number of rotatable bonds is 9. The summed E-state index contributed by atoms with van der Waals surface area (Å²) in [5.41, 5.74) is 3.10. The minimum Gasteiger partial charge on any atom is -0.357 e. The number of nitrogens with one attached hydrogen (secondary N) is 2. The summed E-state index contributed by atoms with van der Waals surface area (Å²) in [5, 5.41) is 6.34. The van der Waals surface area contributed by atoms with Crippen molar-refractivity contribution in [2.45, 2.75) is 39.8 Å². The van der Waals surface area contributed by atoms with Crippen LogP contribution in [0.15, 0.2) is 59.6 Å². The lowest BCUT2D eigenvalue weighted by molar-refractivity contribution is -0.130. The van der Waals surface area contributed by atoms with Crippen LogP contribution in [0.25, 0.3) is 0 Å². The fourth-order valence-corrected chi connectivity index (χ4v) is 3.67. The zero-order valence-corrected chi connectivity index (χ0v) is 21.7. The number of anilines is 1. The zero-order chi connectivity index (χ0) is 22.8. The second-order valence-electron chi connectivity index (χ2n) is 7.76. The highest BCUT2D eigenvalue weighted by molar-refractivity contribution is 14.0. The van der Waals surface area contributed by atoms with Crippen LogP contribution in [0.5, 0.6) is 0 Å². The molecule has 178 valence electrons. The van der Waals surface area contributed by atoms with E-state index in [1.807, 2.05) is 78.2 Å². The van der Waals surface area contributed by atoms with Gasteiger partial charge in [-0.3, -0.25) is 9.59 Å². The number of amides is 2. The molecular formula is C25H34IN5O2. The van der Waals surface area contributed by atoms with Gasteiger partial charge in [-0.15, -0.1) is 24.0 Å². The van der Waals surface area contributed by atoms with E-state index < -0.39 is 0 Å². The van der Waals surface area contributed by atoms with Crippen LogP contribution in [-0.4, -0.2) is 48.9 Å². The van der Waals surface area contributed by atoms with E-state index >= 15 is 0 Å². The molecule has 1 aliphatic heterocycles. The number of benzene rings is 2. The first kappa shape index (κ1) is 26.6.